The van der Waals surface area contributed by atoms with Crippen LogP contribution in [0.2, 0.25) is 0 Å². The molecule has 0 bridgehead atoms. The summed E-state index contributed by atoms with van der Waals surface area (Å²) in [6, 6.07) is 10.9. The molecule has 0 saturated carbocycles. The number of carbonyl (C=O) groups excluding carboxylic acids is 1. The smallest absolute Gasteiger partial charge is 0.339 e. The Balaban J connectivity index is 1.85. The van der Waals surface area contributed by atoms with Crippen LogP contribution in [0.4, 0.5) is 5.69 Å². The molecule has 156 valence electrons. The number of anilines is 1. The largest absolute Gasteiger partial charge is 0.465 e. The number of hydrogen-bond acceptors (Lipinski definition) is 7. The van der Waals surface area contributed by atoms with Gasteiger partial charge in [-0.05, 0) is 36.4 Å². The predicted molar refractivity (Wildman–Crippen MR) is 105 cm³/mol. The molecule has 0 spiro atoms. The zero-order valence-corrected chi connectivity index (χ0v) is 17.2. The van der Waals surface area contributed by atoms with E-state index in [1.54, 1.807) is 12.1 Å². The molecule has 1 saturated heterocycles. The normalized spacial score (nSPS) is 15.6. The first kappa shape index (κ1) is 21.2. The third-order valence-corrected chi connectivity index (χ3v) is 7.61. The van der Waals surface area contributed by atoms with E-state index < -0.39 is 26.0 Å². The van der Waals surface area contributed by atoms with Gasteiger partial charge in [0, 0.05) is 13.1 Å². The molecule has 1 aliphatic heterocycles. The lowest BCUT2D eigenvalue weighted by Crippen LogP contribution is -2.40. The van der Waals surface area contributed by atoms with Crippen LogP contribution in [-0.2, 0) is 29.5 Å². The van der Waals surface area contributed by atoms with Crippen LogP contribution in [-0.4, -0.2) is 60.5 Å². The highest BCUT2D eigenvalue weighted by Crippen LogP contribution is 2.23. The maximum absolute atomic E-state index is 12.7. The zero-order chi connectivity index (χ0) is 21.1. The minimum Gasteiger partial charge on any atom is -0.465 e. The maximum atomic E-state index is 12.7. The van der Waals surface area contributed by atoms with Crippen molar-refractivity contribution >= 4 is 31.7 Å². The summed E-state index contributed by atoms with van der Waals surface area (Å²) in [5.41, 5.74) is 0.120. The van der Waals surface area contributed by atoms with E-state index in [2.05, 4.69) is 9.46 Å². The average Bonchev–Trinajstić information content (AvgIpc) is 2.74. The van der Waals surface area contributed by atoms with Crippen molar-refractivity contribution in [2.24, 2.45) is 0 Å². The van der Waals surface area contributed by atoms with Crippen molar-refractivity contribution in [2.75, 3.05) is 38.1 Å². The standard InChI is InChI=1S/C18H20N2O7S2/c1-26-18(21)16-4-2-3-5-17(16)19-28(22,23)14-6-8-15(9-7-14)29(24,25)20-10-12-27-13-11-20/h2-9,19H,10-13H2,1H3. The molecule has 3 rings (SSSR count). The van der Waals surface area contributed by atoms with Gasteiger partial charge in [-0.1, -0.05) is 12.1 Å². The summed E-state index contributed by atoms with van der Waals surface area (Å²) in [6.45, 7) is 1.12. The van der Waals surface area contributed by atoms with E-state index in [0.29, 0.717) is 13.2 Å². The monoisotopic (exact) mass is 440 g/mol. The first-order valence-electron chi connectivity index (χ1n) is 8.64. The number of sulfonamides is 2. The molecule has 1 N–H and O–H groups in total. The lowest BCUT2D eigenvalue weighted by atomic mass is 10.2. The molecule has 0 amide bonds. The molecule has 1 fully saturated rings. The summed E-state index contributed by atoms with van der Waals surface area (Å²) in [4.78, 5) is 11.7. The zero-order valence-electron chi connectivity index (χ0n) is 15.6. The number of nitrogens with one attached hydrogen (secondary N) is 1. The van der Waals surface area contributed by atoms with Gasteiger partial charge < -0.3 is 9.47 Å². The Morgan fingerprint density at radius 2 is 1.55 bits per heavy atom. The summed E-state index contributed by atoms with van der Waals surface area (Å²) >= 11 is 0. The van der Waals surface area contributed by atoms with E-state index in [0.717, 1.165) is 0 Å². The minimum atomic E-state index is -4.05. The Labute approximate surface area is 169 Å². The Bertz CT molecular complexity index is 1090. The van der Waals surface area contributed by atoms with Crippen molar-refractivity contribution in [3.05, 3.63) is 54.1 Å². The van der Waals surface area contributed by atoms with Gasteiger partial charge in [0.1, 0.15) is 0 Å². The number of rotatable bonds is 6. The number of benzene rings is 2. The number of esters is 1. The maximum Gasteiger partial charge on any atom is 0.339 e. The van der Waals surface area contributed by atoms with Crippen molar-refractivity contribution in [3.8, 4) is 0 Å². The summed E-state index contributed by atoms with van der Waals surface area (Å²) in [5, 5.41) is 0. The van der Waals surface area contributed by atoms with Crippen LogP contribution < -0.4 is 4.72 Å². The summed E-state index contributed by atoms with van der Waals surface area (Å²) < 4.78 is 64.1. The number of carbonyl (C=O) groups is 1. The van der Waals surface area contributed by atoms with Crippen molar-refractivity contribution in [1.29, 1.82) is 0 Å². The van der Waals surface area contributed by atoms with E-state index in [9.17, 15) is 21.6 Å². The van der Waals surface area contributed by atoms with Gasteiger partial charge in [0.2, 0.25) is 10.0 Å². The average molecular weight is 440 g/mol. The van der Waals surface area contributed by atoms with E-state index in [-0.39, 0.29) is 34.1 Å². The first-order chi connectivity index (χ1) is 13.8. The molecule has 1 heterocycles. The molecule has 0 atom stereocenters. The van der Waals surface area contributed by atoms with E-state index in [1.807, 2.05) is 0 Å². The Morgan fingerprint density at radius 1 is 0.966 bits per heavy atom. The molecular weight excluding hydrogens is 420 g/mol. The van der Waals surface area contributed by atoms with Gasteiger partial charge in [0.15, 0.2) is 0 Å². The second kappa shape index (κ2) is 8.49. The predicted octanol–water partition coefficient (Wildman–Crippen LogP) is 1.29. The third kappa shape index (κ3) is 4.58. The Kier molecular flexibility index (Phi) is 6.22. The molecule has 9 nitrogen and oxygen atoms in total. The highest BCUT2D eigenvalue weighted by molar-refractivity contribution is 7.92. The topological polar surface area (TPSA) is 119 Å². The molecule has 0 aromatic heterocycles. The summed E-state index contributed by atoms with van der Waals surface area (Å²) in [6.07, 6.45) is 0. The number of hydrogen-bond donors (Lipinski definition) is 1. The van der Waals surface area contributed by atoms with Crippen LogP contribution in [0.5, 0.6) is 0 Å². The number of para-hydroxylation sites is 1. The number of nitrogens with zero attached hydrogens (tertiary/aromatic N) is 1. The second-order valence-corrected chi connectivity index (χ2v) is 9.75. The summed E-state index contributed by atoms with van der Waals surface area (Å²) in [5.74, 6) is -0.685. The third-order valence-electron chi connectivity index (χ3n) is 4.32. The molecule has 0 unspecified atom stereocenters. The fourth-order valence-corrected chi connectivity index (χ4v) is 5.28. The number of methoxy groups -OCH3 is 1. The van der Waals surface area contributed by atoms with Gasteiger partial charge in [0.05, 0.1) is 41.4 Å². The fourth-order valence-electron chi connectivity index (χ4n) is 2.79. The fraction of sp³-hybridized carbons (Fsp3) is 0.278. The molecule has 0 aliphatic carbocycles. The second-order valence-electron chi connectivity index (χ2n) is 6.13. The van der Waals surface area contributed by atoms with Crippen molar-refractivity contribution in [2.45, 2.75) is 9.79 Å². The van der Waals surface area contributed by atoms with Gasteiger partial charge in [-0.3, -0.25) is 4.72 Å². The lowest BCUT2D eigenvalue weighted by Gasteiger charge is -2.26. The van der Waals surface area contributed by atoms with Crippen molar-refractivity contribution in [1.82, 2.24) is 4.31 Å². The highest BCUT2D eigenvalue weighted by Gasteiger charge is 2.27. The number of morpholine rings is 1. The molecule has 2 aromatic carbocycles. The quantitative estimate of drug-likeness (QED) is 0.672. The lowest BCUT2D eigenvalue weighted by molar-refractivity contribution is 0.0602. The highest BCUT2D eigenvalue weighted by atomic mass is 32.2. The number of ether oxygens (including phenoxy) is 2. The van der Waals surface area contributed by atoms with Gasteiger partial charge >= 0.3 is 5.97 Å². The molecule has 29 heavy (non-hydrogen) atoms. The minimum absolute atomic E-state index is 0.00619. The Hall–Kier alpha value is -2.47. The van der Waals surface area contributed by atoms with Gasteiger partial charge in [0.25, 0.3) is 10.0 Å². The molecular formula is C18H20N2O7S2. The van der Waals surface area contributed by atoms with Gasteiger partial charge in [-0.2, -0.15) is 4.31 Å². The van der Waals surface area contributed by atoms with Crippen molar-refractivity contribution in [3.63, 3.8) is 0 Å². The van der Waals surface area contributed by atoms with Crippen LogP contribution in [0, 0.1) is 0 Å². The van der Waals surface area contributed by atoms with Crippen molar-refractivity contribution < 1.29 is 31.1 Å². The molecule has 0 radical (unpaired) electrons. The van der Waals surface area contributed by atoms with Crippen LogP contribution in [0.25, 0.3) is 0 Å². The van der Waals surface area contributed by atoms with Gasteiger partial charge in [-0.25, -0.2) is 21.6 Å². The SMILES string of the molecule is COC(=O)c1ccccc1NS(=O)(=O)c1ccc(S(=O)(=O)N2CCOCC2)cc1. The molecule has 11 heteroatoms. The summed E-state index contributed by atoms with van der Waals surface area (Å²) in [7, 11) is -6.58. The van der Waals surface area contributed by atoms with Crippen LogP contribution in [0.3, 0.4) is 0 Å². The van der Waals surface area contributed by atoms with E-state index >= 15 is 0 Å². The van der Waals surface area contributed by atoms with Crippen LogP contribution in [0.1, 0.15) is 10.4 Å². The van der Waals surface area contributed by atoms with E-state index in [1.165, 1.54) is 47.8 Å². The van der Waals surface area contributed by atoms with Crippen LogP contribution >= 0.6 is 0 Å². The molecule has 2 aromatic rings. The first-order valence-corrected chi connectivity index (χ1v) is 11.6. The van der Waals surface area contributed by atoms with Gasteiger partial charge in [-0.15, -0.1) is 0 Å². The molecule has 1 aliphatic rings. The Morgan fingerprint density at radius 3 is 2.17 bits per heavy atom. The van der Waals surface area contributed by atoms with Crippen LogP contribution in [0.15, 0.2) is 58.3 Å². The van der Waals surface area contributed by atoms with E-state index in [4.69, 9.17) is 4.74 Å².